The maximum absolute atomic E-state index is 11.8. The van der Waals surface area contributed by atoms with Gasteiger partial charge in [0.05, 0.1) is 12.6 Å². The van der Waals surface area contributed by atoms with E-state index in [-0.39, 0.29) is 12.1 Å². The lowest BCUT2D eigenvalue weighted by Gasteiger charge is -2.27. The van der Waals surface area contributed by atoms with Crippen molar-refractivity contribution in [2.24, 2.45) is 0 Å². The molecule has 2 amide bonds. The molecule has 0 aromatic rings. The molecule has 1 atom stereocenters. The van der Waals surface area contributed by atoms with Gasteiger partial charge < -0.3 is 15.0 Å². The molecule has 0 aromatic carbocycles. The Kier molecular flexibility index (Phi) is 3.26. The second kappa shape index (κ2) is 4.66. The van der Waals surface area contributed by atoms with Gasteiger partial charge in [0.15, 0.2) is 0 Å². The summed E-state index contributed by atoms with van der Waals surface area (Å²) in [6.45, 7) is 5.09. The number of hydrogen-bond acceptors (Lipinski definition) is 2. The van der Waals surface area contributed by atoms with Gasteiger partial charge >= 0.3 is 6.03 Å². The summed E-state index contributed by atoms with van der Waals surface area (Å²) in [7, 11) is 0. The Bertz CT molecular complexity index is 270. The minimum absolute atomic E-state index is 0.0537. The molecule has 2 aliphatic rings. The van der Waals surface area contributed by atoms with Crippen molar-refractivity contribution in [1.29, 1.82) is 0 Å². The Hall–Kier alpha value is -1.03. The van der Waals surface area contributed by atoms with Crippen LogP contribution in [0.4, 0.5) is 4.79 Å². The van der Waals surface area contributed by atoms with Crippen LogP contribution in [0.1, 0.15) is 19.8 Å². The third-order valence-electron chi connectivity index (χ3n) is 2.88. The van der Waals surface area contributed by atoms with Crippen LogP contribution in [-0.4, -0.2) is 43.3 Å². The molecule has 0 aliphatic carbocycles. The quantitative estimate of drug-likeness (QED) is 0.659. The van der Waals surface area contributed by atoms with Crippen LogP contribution in [0, 0.1) is 0 Å². The minimum atomic E-state index is 0.0537. The Morgan fingerprint density at radius 2 is 2.53 bits per heavy atom. The van der Waals surface area contributed by atoms with E-state index in [4.69, 9.17) is 4.74 Å². The van der Waals surface area contributed by atoms with Crippen molar-refractivity contribution in [3.8, 4) is 0 Å². The van der Waals surface area contributed by atoms with Crippen LogP contribution in [-0.2, 0) is 4.74 Å². The fourth-order valence-electron chi connectivity index (χ4n) is 2.00. The van der Waals surface area contributed by atoms with E-state index < -0.39 is 0 Å². The summed E-state index contributed by atoms with van der Waals surface area (Å²) in [6, 6.07) is 0.265. The predicted octanol–water partition coefficient (Wildman–Crippen LogP) is 1.14. The standard InChI is InChI=1S/C11H18N2O2/c1-9-3-2-5-13(7-9)11(14)12-10-4-6-15-8-10/h3,10H,2,4-8H2,1H3,(H,12,14). The smallest absolute Gasteiger partial charge is 0.317 e. The highest BCUT2D eigenvalue weighted by molar-refractivity contribution is 5.75. The SMILES string of the molecule is CC1=CCCN(C(=O)NC2CCOC2)C1. The third-order valence-corrected chi connectivity index (χ3v) is 2.88. The average molecular weight is 210 g/mol. The lowest BCUT2D eigenvalue weighted by atomic mass is 10.1. The van der Waals surface area contributed by atoms with Crippen molar-refractivity contribution in [2.75, 3.05) is 26.3 Å². The van der Waals surface area contributed by atoms with Crippen molar-refractivity contribution in [2.45, 2.75) is 25.8 Å². The van der Waals surface area contributed by atoms with Crippen LogP contribution in [0.15, 0.2) is 11.6 Å². The van der Waals surface area contributed by atoms with Gasteiger partial charge in [-0.05, 0) is 19.8 Å². The van der Waals surface area contributed by atoms with Gasteiger partial charge in [0.2, 0.25) is 0 Å². The van der Waals surface area contributed by atoms with E-state index in [0.29, 0.717) is 6.61 Å². The summed E-state index contributed by atoms with van der Waals surface area (Å²) in [6.07, 6.45) is 4.11. The van der Waals surface area contributed by atoms with E-state index in [1.807, 2.05) is 4.90 Å². The fraction of sp³-hybridized carbons (Fsp3) is 0.727. The lowest BCUT2D eigenvalue weighted by Crippen LogP contribution is -2.46. The maximum Gasteiger partial charge on any atom is 0.317 e. The highest BCUT2D eigenvalue weighted by Crippen LogP contribution is 2.10. The van der Waals surface area contributed by atoms with Gasteiger partial charge in [-0.3, -0.25) is 0 Å². The Morgan fingerprint density at radius 3 is 3.20 bits per heavy atom. The summed E-state index contributed by atoms with van der Waals surface area (Å²) in [5.41, 5.74) is 1.28. The molecule has 2 heterocycles. The van der Waals surface area contributed by atoms with Crippen molar-refractivity contribution in [1.82, 2.24) is 10.2 Å². The van der Waals surface area contributed by atoms with Crippen molar-refractivity contribution in [3.63, 3.8) is 0 Å². The van der Waals surface area contributed by atoms with Gasteiger partial charge in [-0.25, -0.2) is 4.79 Å². The molecule has 4 nitrogen and oxygen atoms in total. The largest absolute Gasteiger partial charge is 0.379 e. The molecule has 0 aromatic heterocycles. The topological polar surface area (TPSA) is 41.6 Å². The van der Waals surface area contributed by atoms with Gasteiger partial charge in [-0.1, -0.05) is 11.6 Å². The molecule has 0 bridgehead atoms. The molecule has 0 radical (unpaired) electrons. The van der Waals surface area contributed by atoms with Crippen LogP contribution in [0.3, 0.4) is 0 Å². The Labute approximate surface area is 90.3 Å². The van der Waals surface area contributed by atoms with Gasteiger partial charge in [-0.15, -0.1) is 0 Å². The van der Waals surface area contributed by atoms with Crippen molar-refractivity contribution >= 4 is 6.03 Å². The van der Waals surface area contributed by atoms with E-state index in [1.165, 1.54) is 5.57 Å². The molecule has 1 unspecified atom stereocenters. The molecule has 0 saturated carbocycles. The molecule has 2 rings (SSSR count). The van der Waals surface area contributed by atoms with E-state index in [0.717, 1.165) is 32.5 Å². The zero-order valence-corrected chi connectivity index (χ0v) is 9.16. The zero-order valence-electron chi connectivity index (χ0n) is 9.16. The molecule has 2 aliphatic heterocycles. The first-order valence-corrected chi connectivity index (χ1v) is 5.54. The molecule has 1 fully saturated rings. The second-order valence-electron chi connectivity index (χ2n) is 4.27. The van der Waals surface area contributed by atoms with Crippen molar-refractivity contribution < 1.29 is 9.53 Å². The maximum atomic E-state index is 11.8. The van der Waals surface area contributed by atoms with Crippen LogP contribution in [0.25, 0.3) is 0 Å². The third kappa shape index (κ3) is 2.72. The number of carbonyl (C=O) groups is 1. The van der Waals surface area contributed by atoms with E-state index >= 15 is 0 Å². The van der Waals surface area contributed by atoms with Crippen LogP contribution in [0.2, 0.25) is 0 Å². The number of urea groups is 1. The minimum Gasteiger partial charge on any atom is -0.379 e. The average Bonchev–Trinajstić information content (AvgIpc) is 2.70. The van der Waals surface area contributed by atoms with Gasteiger partial charge in [0, 0.05) is 19.7 Å². The second-order valence-corrected chi connectivity index (χ2v) is 4.27. The molecule has 1 N–H and O–H groups in total. The number of hydrogen-bond donors (Lipinski definition) is 1. The van der Waals surface area contributed by atoms with E-state index in [9.17, 15) is 4.79 Å². The van der Waals surface area contributed by atoms with Gasteiger partial charge in [0.1, 0.15) is 0 Å². The van der Waals surface area contributed by atoms with Crippen LogP contribution < -0.4 is 5.32 Å². The molecule has 0 spiro atoms. The summed E-state index contributed by atoms with van der Waals surface area (Å²) in [5, 5.41) is 3.00. The van der Waals surface area contributed by atoms with Gasteiger partial charge in [0.25, 0.3) is 0 Å². The van der Waals surface area contributed by atoms with Crippen LogP contribution in [0.5, 0.6) is 0 Å². The van der Waals surface area contributed by atoms with Gasteiger partial charge in [-0.2, -0.15) is 0 Å². The molecule has 15 heavy (non-hydrogen) atoms. The number of ether oxygens (including phenoxy) is 1. The zero-order chi connectivity index (χ0) is 10.7. The lowest BCUT2D eigenvalue weighted by molar-refractivity contribution is 0.179. The summed E-state index contributed by atoms with van der Waals surface area (Å²) in [4.78, 5) is 13.7. The highest BCUT2D eigenvalue weighted by atomic mass is 16.5. The number of carbonyl (C=O) groups excluding carboxylic acids is 1. The van der Waals surface area contributed by atoms with E-state index in [2.05, 4.69) is 18.3 Å². The monoisotopic (exact) mass is 210 g/mol. The molecular formula is C11H18N2O2. The highest BCUT2D eigenvalue weighted by Gasteiger charge is 2.22. The number of rotatable bonds is 1. The summed E-state index contributed by atoms with van der Waals surface area (Å²) < 4.78 is 5.22. The Morgan fingerprint density at radius 1 is 1.67 bits per heavy atom. The number of amides is 2. The number of nitrogens with one attached hydrogen (secondary N) is 1. The fourth-order valence-corrected chi connectivity index (χ4v) is 2.00. The van der Waals surface area contributed by atoms with E-state index in [1.54, 1.807) is 0 Å². The molecule has 1 saturated heterocycles. The van der Waals surface area contributed by atoms with Crippen LogP contribution >= 0.6 is 0 Å². The number of nitrogens with zero attached hydrogens (tertiary/aromatic N) is 1. The molecular weight excluding hydrogens is 192 g/mol. The summed E-state index contributed by atoms with van der Waals surface area (Å²) >= 11 is 0. The predicted molar refractivity (Wildman–Crippen MR) is 57.7 cm³/mol. The molecule has 84 valence electrons. The normalized spacial score (nSPS) is 26.3. The molecule has 4 heteroatoms. The Balaban J connectivity index is 1.82. The first-order valence-electron chi connectivity index (χ1n) is 5.54. The first kappa shape index (κ1) is 10.5. The summed E-state index contributed by atoms with van der Waals surface area (Å²) in [5.74, 6) is 0. The van der Waals surface area contributed by atoms with Crippen molar-refractivity contribution in [3.05, 3.63) is 11.6 Å². The first-order chi connectivity index (χ1) is 7.25.